The van der Waals surface area contributed by atoms with Crippen molar-refractivity contribution in [3.8, 4) is 0 Å². The zero-order valence-corrected chi connectivity index (χ0v) is 11.9. The molecule has 2 heteroatoms. The van der Waals surface area contributed by atoms with Crippen molar-refractivity contribution < 1.29 is 5.11 Å². The van der Waals surface area contributed by atoms with E-state index in [0.29, 0.717) is 17.8 Å². The molecule has 18 heavy (non-hydrogen) atoms. The Morgan fingerprint density at radius 3 is 2.28 bits per heavy atom. The second-order valence-electron chi connectivity index (χ2n) is 5.54. The standard InChI is InChI=1S/C16H27NO/c1-13(2)16(15-7-5-4-6-8-15)12-17-11-14(3)9-10-18/h4-8,13-14,16-18H,9-12H2,1-3H3. The van der Waals surface area contributed by atoms with Crippen LogP contribution in [0.2, 0.25) is 0 Å². The third kappa shape index (κ3) is 5.19. The van der Waals surface area contributed by atoms with Crippen LogP contribution in [0.1, 0.15) is 38.7 Å². The number of benzene rings is 1. The molecule has 102 valence electrons. The van der Waals surface area contributed by atoms with Gasteiger partial charge in [-0.15, -0.1) is 0 Å². The lowest BCUT2D eigenvalue weighted by atomic mass is 9.88. The minimum absolute atomic E-state index is 0.287. The highest BCUT2D eigenvalue weighted by Crippen LogP contribution is 2.23. The predicted octanol–water partition coefficient (Wildman–Crippen LogP) is 3.03. The van der Waals surface area contributed by atoms with E-state index in [9.17, 15) is 0 Å². The Bertz CT molecular complexity index is 310. The van der Waals surface area contributed by atoms with Gasteiger partial charge in [-0.25, -0.2) is 0 Å². The summed E-state index contributed by atoms with van der Waals surface area (Å²) in [6.07, 6.45) is 0.880. The molecule has 1 rings (SSSR count). The van der Waals surface area contributed by atoms with Crippen molar-refractivity contribution in [3.63, 3.8) is 0 Å². The topological polar surface area (TPSA) is 32.3 Å². The maximum absolute atomic E-state index is 8.88. The highest BCUT2D eigenvalue weighted by atomic mass is 16.3. The number of aliphatic hydroxyl groups excluding tert-OH is 1. The fourth-order valence-electron chi connectivity index (χ4n) is 2.25. The number of hydrogen-bond acceptors (Lipinski definition) is 2. The zero-order valence-electron chi connectivity index (χ0n) is 11.9. The van der Waals surface area contributed by atoms with Crippen LogP contribution in [0.25, 0.3) is 0 Å². The summed E-state index contributed by atoms with van der Waals surface area (Å²) in [6.45, 7) is 9.01. The minimum Gasteiger partial charge on any atom is -0.396 e. The molecule has 0 fully saturated rings. The quantitative estimate of drug-likeness (QED) is 0.742. The Morgan fingerprint density at radius 1 is 1.06 bits per heavy atom. The van der Waals surface area contributed by atoms with Crippen LogP contribution in [-0.4, -0.2) is 24.8 Å². The zero-order chi connectivity index (χ0) is 13.4. The lowest BCUT2D eigenvalue weighted by Crippen LogP contribution is -2.28. The maximum Gasteiger partial charge on any atom is 0.0434 e. The van der Waals surface area contributed by atoms with Crippen molar-refractivity contribution in [2.24, 2.45) is 11.8 Å². The summed E-state index contributed by atoms with van der Waals surface area (Å²) >= 11 is 0. The van der Waals surface area contributed by atoms with Gasteiger partial charge in [0.05, 0.1) is 0 Å². The first kappa shape index (κ1) is 15.2. The molecular formula is C16H27NO. The summed E-state index contributed by atoms with van der Waals surface area (Å²) in [5.74, 6) is 1.74. The van der Waals surface area contributed by atoms with E-state index in [0.717, 1.165) is 19.5 Å². The molecule has 2 nitrogen and oxygen atoms in total. The molecular weight excluding hydrogens is 222 g/mol. The third-order valence-corrected chi connectivity index (χ3v) is 3.51. The molecule has 0 aromatic heterocycles. The number of nitrogens with one attached hydrogen (secondary N) is 1. The fraction of sp³-hybridized carbons (Fsp3) is 0.625. The van der Waals surface area contributed by atoms with Crippen LogP contribution in [0.15, 0.2) is 30.3 Å². The predicted molar refractivity (Wildman–Crippen MR) is 77.8 cm³/mol. The average molecular weight is 249 g/mol. The Labute approximate surface area is 111 Å². The Balaban J connectivity index is 2.45. The molecule has 0 aliphatic heterocycles. The van der Waals surface area contributed by atoms with Gasteiger partial charge in [-0.3, -0.25) is 0 Å². The van der Waals surface area contributed by atoms with Crippen molar-refractivity contribution in [3.05, 3.63) is 35.9 Å². The minimum atomic E-state index is 0.287. The van der Waals surface area contributed by atoms with Crippen LogP contribution in [0.4, 0.5) is 0 Å². The van der Waals surface area contributed by atoms with Gasteiger partial charge in [-0.1, -0.05) is 51.1 Å². The van der Waals surface area contributed by atoms with Gasteiger partial charge < -0.3 is 10.4 Å². The van der Waals surface area contributed by atoms with E-state index in [-0.39, 0.29) is 6.61 Å². The van der Waals surface area contributed by atoms with Crippen LogP contribution in [0, 0.1) is 11.8 Å². The molecule has 0 bridgehead atoms. The molecule has 2 atom stereocenters. The first-order valence-electron chi connectivity index (χ1n) is 7.01. The maximum atomic E-state index is 8.88. The van der Waals surface area contributed by atoms with E-state index in [4.69, 9.17) is 5.11 Å². The number of rotatable bonds is 8. The van der Waals surface area contributed by atoms with E-state index < -0.39 is 0 Å². The first-order chi connectivity index (χ1) is 8.65. The summed E-state index contributed by atoms with van der Waals surface area (Å²) in [4.78, 5) is 0. The van der Waals surface area contributed by atoms with Gasteiger partial charge in [0, 0.05) is 13.2 Å². The fourth-order valence-corrected chi connectivity index (χ4v) is 2.25. The molecule has 0 saturated heterocycles. The molecule has 0 aliphatic carbocycles. The van der Waals surface area contributed by atoms with E-state index in [1.807, 2.05) is 0 Å². The van der Waals surface area contributed by atoms with Crippen molar-refractivity contribution in [2.45, 2.75) is 33.1 Å². The van der Waals surface area contributed by atoms with E-state index in [1.54, 1.807) is 0 Å². The molecule has 2 N–H and O–H groups in total. The van der Waals surface area contributed by atoms with Crippen LogP contribution < -0.4 is 5.32 Å². The van der Waals surface area contributed by atoms with E-state index >= 15 is 0 Å². The van der Waals surface area contributed by atoms with Gasteiger partial charge in [0.25, 0.3) is 0 Å². The molecule has 0 amide bonds. The summed E-state index contributed by atoms with van der Waals surface area (Å²) in [5, 5.41) is 12.4. The Morgan fingerprint density at radius 2 is 1.72 bits per heavy atom. The Kier molecular flexibility index (Phi) is 6.99. The molecule has 0 aliphatic rings. The summed E-state index contributed by atoms with van der Waals surface area (Å²) < 4.78 is 0. The molecule has 1 aromatic rings. The van der Waals surface area contributed by atoms with Crippen LogP contribution in [0.5, 0.6) is 0 Å². The normalized spacial score (nSPS) is 14.7. The molecule has 2 unspecified atom stereocenters. The second-order valence-corrected chi connectivity index (χ2v) is 5.54. The molecule has 0 spiro atoms. The molecule has 0 radical (unpaired) electrons. The van der Waals surface area contributed by atoms with Gasteiger partial charge in [0.1, 0.15) is 0 Å². The SMILES string of the molecule is CC(CCO)CNCC(c1ccccc1)C(C)C. The summed E-state index contributed by atoms with van der Waals surface area (Å²) in [7, 11) is 0. The summed E-state index contributed by atoms with van der Waals surface area (Å²) in [5.41, 5.74) is 1.41. The molecule has 1 aromatic carbocycles. The average Bonchev–Trinajstić information content (AvgIpc) is 2.35. The smallest absolute Gasteiger partial charge is 0.0434 e. The van der Waals surface area contributed by atoms with Crippen molar-refractivity contribution >= 4 is 0 Å². The lowest BCUT2D eigenvalue weighted by molar-refractivity contribution is 0.259. The number of aliphatic hydroxyl groups is 1. The summed E-state index contributed by atoms with van der Waals surface area (Å²) in [6, 6.07) is 10.7. The van der Waals surface area contributed by atoms with Gasteiger partial charge in [-0.05, 0) is 36.3 Å². The van der Waals surface area contributed by atoms with Gasteiger partial charge >= 0.3 is 0 Å². The second kappa shape index (κ2) is 8.28. The van der Waals surface area contributed by atoms with Crippen molar-refractivity contribution in [1.29, 1.82) is 0 Å². The van der Waals surface area contributed by atoms with Gasteiger partial charge in [-0.2, -0.15) is 0 Å². The van der Waals surface area contributed by atoms with Crippen LogP contribution in [-0.2, 0) is 0 Å². The van der Waals surface area contributed by atoms with Gasteiger partial charge in [0.2, 0.25) is 0 Å². The van der Waals surface area contributed by atoms with Gasteiger partial charge in [0.15, 0.2) is 0 Å². The monoisotopic (exact) mass is 249 g/mol. The lowest BCUT2D eigenvalue weighted by Gasteiger charge is -2.23. The van der Waals surface area contributed by atoms with E-state index in [1.165, 1.54) is 5.56 Å². The highest BCUT2D eigenvalue weighted by Gasteiger charge is 2.15. The molecule has 0 heterocycles. The largest absolute Gasteiger partial charge is 0.396 e. The van der Waals surface area contributed by atoms with E-state index in [2.05, 4.69) is 56.4 Å². The molecule has 0 saturated carbocycles. The third-order valence-electron chi connectivity index (χ3n) is 3.51. The van der Waals surface area contributed by atoms with Crippen LogP contribution in [0.3, 0.4) is 0 Å². The van der Waals surface area contributed by atoms with Crippen molar-refractivity contribution in [2.75, 3.05) is 19.7 Å². The number of hydrogen-bond donors (Lipinski definition) is 2. The highest BCUT2D eigenvalue weighted by molar-refractivity contribution is 5.20. The Hall–Kier alpha value is -0.860. The first-order valence-corrected chi connectivity index (χ1v) is 7.01. The van der Waals surface area contributed by atoms with Crippen molar-refractivity contribution in [1.82, 2.24) is 5.32 Å². The van der Waals surface area contributed by atoms with Crippen LogP contribution >= 0.6 is 0 Å².